The Hall–Kier alpha value is -1.78. The average Bonchev–Trinajstić information content (AvgIpc) is 2.34. The first-order valence-electron chi connectivity index (χ1n) is 6.68. The van der Waals surface area contributed by atoms with Crippen LogP contribution in [0, 0.1) is 10.1 Å². The third-order valence-corrected chi connectivity index (χ3v) is 2.83. The summed E-state index contributed by atoms with van der Waals surface area (Å²) in [4.78, 5) is 10.5. The molecule has 106 valence electrons. The number of ether oxygens (including phenoxy) is 1. The summed E-state index contributed by atoms with van der Waals surface area (Å²) in [6.45, 7) is 7.97. The van der Waals surface area contributed by atoms with Gasteiger partial charge in [0.1, 0.15) is 5.75 Å². The number of nitrogens with one attached hydrogen (secondary N) is 1. The van der Waals surface area contributed by atoms with Gasteiger partial charge in [-0.1, -0.05) is 13.8 Å². The standard InChI is InChI=1S/C14H22N2O3/c1-5-11(6-2)15-12-7-13(16(17)18)9-14(8-12)19-10(3)4/h7-11,15H,5-6H2,1-4H3. The Morgan fingerprint density at radius 2 is 1.89 bits per heavy atom. The van der Waals surface area contributed by atoms with Crippen molar-refractivity contribution in [2.45, 2.75) is 52.7 Å². The topological polar surface area (TPSA) is 64.4 Å². The molecule has 0 saturated carbocycles. The SMILES string of the molecule is CCC(CC)Nc1cc(OC(C)C)cc([N+](=O)[O-])c1. The normalized spacial score (nSPS) is 10.8. The summed E-state index contributed by atoms with van der Waals surface area (Å²) in [5.41, 5.74) is 0.783. The fraction of sp³-hybridized carbons (Fsp3) is 0.571. The highest BCUT2D eigenvalue weighted by Gasteiger charge is 2.13. The lowest BCUT2D eigenvalue weighted by molar-refractivity contribution is -0.384. The van der Waals surface area contributed by atoms with Crippen molar-refractivity contribution in [2.75, 3.05) is 5.32 Å². The van der Waals surface area contributed by atoms with Crippen molar-refractivity contribution in [2.24, 2.45) is 0 Å². The molecule has 1 N–H and O–H groups in total. The van der Waals surface area contributed by atoms with Crippen LogP contribution in [0.1, 0.15) is 40.5 Å². The quantitative estimate of drug-likeness (QED) is 0.598. The first-order valence-corrected chi connectivity index (χ1v) is 6.68. The molecule has 1 aromatic carbocycles. The molecule has 0 aliphatic rings. The van der Waals surface area contributed by atoms with E-state index in [4.69, 9.17) is 4.74 Å². The number of nitro groups is 1. The number of rotatable bonds is 7. The molecule has 0 aliphatic heterocycles. The first-order chi connectivity index (χ1) is 8.96. The fourth-order valence-electron chi connectivity index (χ4n) is 1.84. The molecule has 0 aliphatic carbocycles. The van der Waals surface area contributed by atoms with Gasteiger partial charge in [0.05, 0.1) is 17.1 Å². The van der Waals surface area contributed by atoms with Crippen LogP contribution in [-0.4, -0.2) is 17.1 Å². The largest absolute Gasteiger partial charge is 0.491 e. The second-order valence-electron chi connectivity index (χ2n) is 4.80. The summed E-state index contributed by atoms with van der Waals surface area (Å²) in [5.74, 6) is 0.526. The van der Waals surface area contributed by atoms with E-state index in [2.05, 4.69) is 19.2 Å². The zero-order valence-corrected chi connectivity index (χ0v) is 12.0. The summed E-state index contributed by atoms with van der Waals surface area (Å²) in [7, 11) is 0. The van der Waals surface area contributed by atoms with Crippen molar-refractivity contribution in [1.29, 1.82) is 0 Å². The second kappa shape index (κ2) is 6.97. The predicted molar refractivity (Wildman–Crippen MR) is 76.9 cm³/mol. The van der Waals surface area contributed by atoms with Crippen molar-refractivity contribution in [1.82, 2.24) is 0 Å². The molecule has 0 atom stereocenters. The molecule has 0 fully saturated rings. The van der Waals surface area contributed by atoms with Gasteiger partial charge in [0.2, 0.25) is 0 Å². The van der Waals surface area contributed by atoms with E-state index >= 15 is 0 Å². The summed E-state index contributed by atoms with van der Waals surface area (Å²) in [5, 5.41) is 14.2. The minimum atomic E-state index is -0.398. The Bertz CT molecular complexity index is 429. The lowest BCUT2D eigenvalue weighted by Gasteiger charge is -2.17. The van der Waals surface area contributed by atoms with Crippen molar-refractivity contribution in [3.05, 3.63) is 28.3 Å². The van der Waals surface area contributed by atoms with E-state index in [1.807, 2.05) is 19.9 Å². The number of hydrogen-bond acceptors (Lipinski definition) is 4. The molecule has 5 nitrogen and oxygen atoms in total. The lowest BCUT2D eigenvalue weighted by Crippen LogP contribution is -2.17. The summed E-state index contributed by atoms with van der Waals surface area (Å²) in [6.07, 6.45) is 1.93. The fourth-order valence-corrected chi connectivity index (χ4v) is 1.84. The molecule has 0 bridgehead atoms. The molecule has 0 amide bonds. The van der Waals surface area contributed by atoms with Crippen molar-refractivity contribution in [3.63, 3.8) is 0 Å². The van der Waals surface area contributed by atoms with Crippen LogP contribution in [-0.2, 0) is 0 Å². The molecular formula is C14H22N2O3. The number of anilines is 1. The number of nitro benzene ring substituents is 1. The summed E-state index contributed by atoms with van der Waals surface area (Å²) >= 11 is 0. The van der Waals surface area contributed by atoms with Gasteiger partial charge < -0.3 is 10.1 Å². The Morgan fingerprint density at radius 3 is 2.37 bits per heavy atom. The Balaban J connectivity index is 3.02. The van der Waals surface area contributed by atoms with E-state index in [9.17, 15) is 10.1 Å². The molecule has 0 aromatic heterocycles. The molecule has 0 radical (unpaired) electrons. The van der Waals surface area contributed by atoms with Crippen molar-refractivity contribution >= 4 is 11.4 Å². The molecule has 0 saturated heterocycles. The van der Waals surface area contributed by atoms with Gasteiger partial charge in [-0.25, -0.2) is 0 Å². The van der Waals surface area contributed by atoms with Crippen LogP contribution in [0.4, 0.5) is 11.4 Å². The van der Waals surface area contributed by atoms with E-state index < -0.39 is 4.92 Å². The van der Waals surface area contributed by atoms with E-state index in [1.165, 1.54) is 6.07 Å². The maximum Gasteiger partial charge on any atom is 0.275 e. The smallest absolute Gasteiger partial charge is 0.275 e. The average molecular weight is 266 g/mol. The van der Waals surface area contributed by atoms with E-state index in [0.717, 1.165) is 18.5 Å². The third kappa shape index (κ3) is 4.77. The highest BCUT2D eigenvalue weighted by Crippen LogP contribution is 2.27. The van der Waals surface area contributed by atoms with Gasteiger partial charge in [-0.3, -0.25) is 10.1 Å². The highest BCUT2D eigenvalue weighted by atomic mass is 16.6. The zero-order chi connectivity index (χ0) is 14.4. The number of benzene rings is 1. The lowest BCUT2D eigenvalue weighted by atomic mass is 10.1. The molecule has 0 spiro atoms. The highest BCUT2D eigenvalue weighted by molar-refractivity contribution is 5.56. The zero-order valence-electron chi connectivity index (χ0n) is 12.0. The predicted octanol–water partition coefficient (Wildman–Crippen LogP) is 3.98. The molecule has 1 aromatic rings. The Labute approximate surface area is 114 Å². The monoisotopic (exact) mass is 266 g/mol. The van der Waals surface area contributed by atoms with Gasteiger partial charge in [0.15, 0.2) is 0 Å². The van der Waals surface area contributed by atoms with Crippen LogP contribution >= 0.6 is 0 Å². The van der Waals surface area contributed by atoms with Gasteiger partial charge in [-0.2, -0.15) is 0 Å². The Kier molecular flexibility index (Phi) is 5.60. The second-order valence-corrected chi connectivity index (χ2v) is 4.80. The van der Waals surface area contributed by atoms with E-state index in [0.29, 0.717) is 11.8 Å². The van der Waals surface area contributed by atoms with Crippen LogP contribution < -0.4 is 10.1 Å². The van der Waals surface area contributed by atoms with Gasteiger partial charge in [-0.15, -0.1) is 0 Å². The maximum atomic E-state index is 10.9. The third-order valence-electron chi connectivity index (χ3n) is 2.83. The first kappa shape index (κ1) is 15.3. The van der Waals surface area contributed by atoms with Crippen molar-refractivity contribution < 1.29 is 9.66 Å². The molecule has 0 heterocycles. The maximum absolute atomic E-state index is 10.9. The minimum Gasteiger partial charge on any atom is -0.491 e. The minimum absolute atomic E-state index is 0.0111. The Morgan fingerprint density at radius 1 is 1.26 bits per heavy atom. The molecule has 19 heavy (non-hydrogen) atoms. The molecule has 5 heteroatoms. The summed E-state index contributed by atoms with van der Waals surface area (Å²) < 4.78 is 5.55. The van der Waals surface area contributed by atoms with Crippen LogP contribution in [0.5, 0.6) is 5.75 Å². The van der Waals surface area contributed by atoms with Gasteiger partial charge in [0, 0.05) is 23.9 Å². The van der Waals surface area contributed by atoms with Gasteiger partial charge in [0.25, 0.3) is 5.69 Å². The molecule has 1 rings (SSSR count). The van der Waals surface area contributed by atoms with Crippen LogP contribution in [0.15, 0.2) is 18.2 Å². The van der Waals surface area contributed by atoms with E-state index in [-0.39, 0.29) is 11.8 Å². The van der Waals surface area contributed by atoms with Crippen LogP contribution in [0.2, 0.25) is 0 Å². The van der Waals surface area contributed by atoms with Gasteiger partial charge >= 0.3 is 0 Å². The number of non-ortho nitro benzene ring substituents is 1. The van der Waals surface area contributed by atoms with E-state index in [1.54, 1.807) is 6.07 Å². The summed E-state index contributed by atoms with van der Waals surface area (Å²) in [6, 6.07) is 5.13. The molecular weight excluding hydrogens is 244 g/mol. The van der Waals surface area contributed by atoms with Crippen LogP contribution in [0.3, 0.4) is 0 Å². The van der Waals surface area contributed by atoms with Crippen LogP contribution in [0.25, 0.3) is 0 Å². The number of hydrogen-bond donors (Lipinski definition) is 1. The van der Waals surface area contributed by atoms with Gasteiger partial charge in [-0.05, 0) is 26.7 Å². The number of nitrogens with zero attached hydrogens (tertiary/aromatic N) is 1. The van der Waals surface area contributed by atoms with Crippen molar-refractivity contribution in [3.8, 4) is 5.75 Å². The molecule has 0 unspecified atom stereocenters.